The largest absolute Gasteiger partial charge is 0.391 e. The lowest BCUT2D eigenvalue weighted by atomic mass is 9.81. The van der Waals surface area contributed by atoms with Crippen LogP contribution >= 0.6 is 0 Å². The van der Waals surface area contributed by atoms with Crippen LogP contribution in [0.2, 0.25) is 0 Å². The summed E-state index contributed by atoms with van der Waals surface area (Å²) in [5.74, 6) is -0.378. The average molecular weight is 745 g/mol. The fraction of sp³-hybridized carbons (Fsp3) is 0.786. The van der Waals surface area contributed by atoms with Gasteiger partial charge in [0.2, 0.25) is 11.8 Å². The standard InChI is InChI=1S/C42H72N4O7/c1-8-9-20-38(53-39(28-33-18-14-11-15-19-33)42(50)46-23-21-34(22-24-46)52-30-51-7)40(48)43-36(27-32-16-12-10-13-17-32)37(47)29-35(31(2)3)41(49)45(6)26-25-44(4)5/h11,14-15,18-19,31-32,34-39,47H,8-10,12-13,16-17,20-30H2,1-7H3,(H,43,48)/t35-,36-,37-,38-,39-/m0/s1. The van der Waals surface area contributed by atoms with E-state index in [9.17, 15) is 19.5 Å². The van der Waals surface area contributed by atoms with Crippen LogP contribution in [-0.4, -0.2) is 129 Å². The van der Waals surface area contributed by atoms with Crippen molar-refractivity contribution >= 4 is 17.7 Å². The van der Waals surface area contributed by atoms with Gasteiger partial charge in [-0.25, -0.2) is 0 Å². The van der Waals surface area contributed by atoms with Crippen LogP contribution in [0.15, 0.2) is 30.3 Å². The molecule has 2 N–H and O–H groups in total. The Morgan fingerprint density at radius 3 is 2.25 bits per heavy atom. The number of hydrogen-bond acceptors (Lipinski definition) is 8. The number of nitrogens with one attached hydrogen (secondary N) is 1. The minimum atomic E-state index is -0.908. The SMILES string of the molecule is CCCC[C@H](O[C@@H](Cc1ccccc1)C(=O)N1CCC(OCOC)CC1)C(=O)N[C@@H](CC1CCCCC1)[C@@H](O)C[C@H](C(=O)N(C)CCN(C)C)C(C)C. The van der Waals surface area contributed by atoms with Gasteiger partial charge in [-0.05, 0) is 63.6 Å². The number of likely N-dealkylation sites (tertiary alicyclic amines) is 1. The molecule has 3 amide bonds. The molecule has 53 heavy (non-hydrogen) atoms. The highest BCUT2D eigenvalue weighted by Gasteiger charge is 2.37. The lowest BCUT2D eigenvalue weighted by molar-refractivity contribution is -0.157. The molecule has 0 spiro atoms. The van der Waals surface area contributed by atoms with Crippen LogP contribution in [-0.2, 0) is 35.0 Å². The molecule has 11 nitrogen and oxygen atoms in total. The topological polar surface area (TPSA) is 121 Å². The van der Waals surface area contributed by atoms with Crippen molar-refractivity contribution in [1.82, 2.24) is 20.0 Å². The lowest BCUT2D eigenvalue weighted by Crippen LogP contribution is -2.52. The van der Waals surface area contributed by atoms with Crippen molar-refractivity contribution in [1.29, 1.82) is 0 Å². The van der Waals surface area contributed by atoms with Crippen LogP contribution in [0.1, 0.15) is 103 Å². The Morgan fingerprint density at radius 2 is 1.64 bits per heavy atom. The first-order valence-electron chi connectivity index (χ1n) is 20.4. The van der Waals surface area contributed by atoms with Crippen molar-refractivity contribution in [2.75, 3.05) is 61.2 Å². The number of amides is 3. The quantitative estimate of drug-likeness (QED) is 0.145. The van der Waals surface area contributed by atoms with E-state index < -0.39 is 24.4 Å². The van der Waals surface area contributed by atoms with Crippen LogP contribution in [0, 0.1) is 17.8 Å². The highest BCUT2D eigenvalue weighted by Crippen LogP contribution is 2.30. The summed E-state index contributed by atoms with van der Waals surface area (Å²) < 4.78 is 17.5. The summed E-state index contributed by atoms with van der Waals surface area (Å²) in [7, 11) is 7.40. The number of nitrogens with zero attached hydrogens (tertiary/aromatic N) is 3. The molecule has 302 valence electrons. The zero-order valence-electron chi connectivity index (χ0n) is 34.0. The Morgan fingerprint density at radius 1 is 0.962 bits per heavy atom. The molecular weight excluding hydrogens is 672 g/mol. The summed E-state index contributed by atoms with van der Waals surface area (Å²) in [4.78, 5) is 47.8. The Bertz CT molecular complexity index is 1190. The third kappa shape index (κ3) is 15.6. The van der Waals surface area contributed by atoms with E-state index in [-0.39, 0.29) is 48.9 Å². The Kier molecular flexibility index (Phi) is 20.3. The Balaban J connectivity index is 1.82. The molecule has 0 unspecified atom stereocenters. The van der Waals surface area contributed by atoms with Gasteiger partial charge in [-0.3, -0.25) is 14.4 Å². The molecule has 0 bridgehead atoms. The summed E-state index contributed by atoms with van der Waals surface area (Å²) in [6, 6.07) is 9.27. The van der Waals surface area contributed by atoms with E-state index in [1.807, 2.05) is 70.2 Å². The number of carbonyl (C=O) groups excluding carboxylic acids is 3. The second kappa shape index (κ2) is 24.1. The van der Waals surface area contributed by atoms with E-state index in [4.69, 9.17) is 14.2 Å². The van der Waals surface area contributed by atoms with Gasteiger partial charge in [0.05, 0.1) is 18.2 Å². The first kappa shape index (κ1) is 44.8. The first-order chi connectivity index (χ1) is 25.4. The molecule has 2 fully saturated rings. The van der Waals surface area contributed by atoms with Crippen molar-refractivity contribution in [3.63, 3.8) is 0 Å². The van der Waals surface area contributed by atoms with Gasteiger partial charge in [0.25, 0.3) is 5.91 Å². The lowest BCUT2D eigenvalue weighted by Gasteiger charge is -2.36. The molecule has 1 saturated heterocycles. The van der Waals surface area contributed by atoms with Gasteiger partial charge in [-0.2, -0.15) is 0 Å². The number of likely N-dealkylation sites (N-methyl/N-ethyl adjacent to an activating group) is 2. The van der Waals surface area contributed by atoms with Gasteiger partial charge >= 0.3 is 0 Å². The number of benzene rings is 1. The highest BCUT2D eigenvalue weighted by molar-refractivity contribution is 5.84. The summed E-state index contributed by atoms with van der Waals surface area (Å²) >= 11 is 0. The minimum Gasteiger partial charge on any atom is -0.391 e. The zero-order chi connectivity index (χ0) is 38.8. The number of ether oxygens (including phenoxy) is 3. The summed E-state index contributed by atoms with van der Waals surface area (Å²) in [6.07, 6.45) is 7.81. The molecule has 1 heterocycles. The molecule has 1 aliphatic carbocycles. The minimum absolute atomic E-state index is 0.0179. The number of hydrogen-bond donors (Lipinski definition) is 2. The number of methoxy groups -OCH3 is 1. The van der Waals surface area contributed by atoms with Gasteiger partial charge in [0.1, 0.15) is 19.0 Å². The number of aliphatic hydroxyl groups is 1. The molecule has 1 aromatic carbocycles. The Hall–Kier alpha value is -2.57. The molecule has 0 radical (unpaired) electrons. The second-order valence-corrected chi connectivity index (χ2v) is 16.1. The monoisotopic (exact) mass is 745 g/mol. The smallest absolute Gasteiger partial charge is 0.252 e. The van der Waals surface area contributed by atoms with Crippen molar-refractivity contribution in [2.45, 2.75) is 135 Å². The number of aliphatic hydroxyl groups excluding tert-OH is 1. The maximum absolute atomic E-state index is 14.4. The normalized spacial score (nSPS) is 18.8. The maximum Gasteiger partial charge on any atom is 0.252 e. The molecule has 11 heteroatoms. The van der Waals surface area contributed by atoms with Gasteiger partial charge in [-0.1, -0.05) is 96.0 Å². The molecule has 1 aliphatic heterocycles. The van der Waals surface area contributed by atoms with Gasteiger partial charge in [-0.15, -0.1) is 0 Å². The molecule has 5 atom stereocenters. The molecule has 0 aromatic heterocycles. The number of piperidine rings is 1. The summed E-state index contributed by atoms with van der Waals surface area (Å²) in [5, 5.41) is 15.2. The van der Waals surface area contributed by atoms with E-state index >= 15 is 0 Å². The van der Waals surface area contributed by atoms with Gasteiger partial charge < -0.3 is 39.3 Å². The van der Waals surface area contributed by atoms with Crippen LogP contribution in [0.4, 0.5) is 0 Å². The predicted molar refractivity (Wildman–Crippen MR) is 209 cm³/mol. The summed E-state index contributed by atoms with van der Waals surface area (Å²) in [6.45, 7) is 8.80. The number of rotatable bonds is 23. The number of unbranched alkanes of at least 4 members (excludes halogenated alkanes) is 1. The van der Waals surface area contributed by atoms with E-state index in [0.29, 0.717) is 57.7 Å². The molecule has 3 rings (SSSR count). The van der Waals surface area contributed by atoms with Crippen molar-refractivity contribution in [3.05, 3.63) is 35.9 Å². The van der Waals surface area contributed by atoms with E-state index in [0.717, 1.165) is 50.6 Å². The van der Waals surface area contributed by atoms with E-state index in [2.05, 4.69) is 17.1 Å². The number of carbonyl (C=O) groups is 3. The van der Waals surface area contributed by atoms with Crippen LogP contribution in [0.25, 0.3) is 0 Å². The molecule has 2 aliphatic rings. The second-order valence-electron chi connectivity index (χ2n) is 16.1. The van der Waals surface area contributed by atoms with Crippen LogP contribution < -0.4 is 5.32 Å². The van der Waals surface area contributed by atoms with Gasteiger partial charge in [0.15, 0.2) is 0 Å². The predicted octanol–water partition coefficient (Wildman–Crippen LogP) is 5.28. The van der Waals surface area contributed by atoms with Crippen LogP contribution in [0.3, 0.4) is 0 Å². The third-order valence-electron chi connectivity index (χ3n) is 11.1. The molecule has 1 saturated carbocycles. The average Bonchev–Trinajstić information content (AvgIpc) is 3.16. The summed E-state index contributed by atoms with van der Waals surface area (Å²) in [5.41, 5.74) is 0.962. The van der Waals surface area contributed by atoms with Crippen molar-refractivity contribution in [3.8, 4) is 0 Å². The van der Waals surface area contributed by atoms with E-state index in [1.54, 1.807) is 12.0 Å². The van der Waals surface area contributed by atoms with Crippen molar-refractivity contribution in [2.24, 2.45) is 17.8 Å². The zero-order valence-corrected chi connectivity index (χ0v) is 34.0. The third-order valence-corrected chi connectivity index (χ3v) is 11.1. The fourth-order valence-corrected chi connectivity index (χ4v) is 7.68. The van der Waals surface area contributed by atoms with Crippen LogP contribution in [0.5, 0.6) is 0 Å². The van der Waals surface area contributed by atoms with E-state index in [1.165, 1.54) is 6.42 Å². The molecule has 1 aromatic rings. The maximum atomic E-state index is 14.4. The first-order valence-corrected chi connectivity index (χ1v) is 20.4. The van der Waals surface area contributed by atoms with Crippen molar-refractivity contribution < 1.29 is 33.7 Å². The Labute approximate surface area is 320 Å². The highest BCUT2D eigenvalue weighted by atomic mass is 16.7. The van der Waals surface area contributed by atoms with Gasteiger partial charge in [0, 0.05) is 52.7 Å². The molecular formula is C42H72N4O7. The fourth-order valence-electron chi connectivity index (χ4n) is 7.68.